The first kappa shape index (κ1) is 58.2. The summed E-state index contributed by atoms with van der Waals surface area (Å²) in [5, 5.41) is 16.9. The first-order valence-corrected chi connectivity index (χ1v) is 30.5. The first-order chi connectivity index (χ1) is 39.7. The number of piperazine rings is 1. The minimum atomic E-state index is -4.61. The Bertz CT molecular complexity index is 3080. The van der Waals surface area contributed by atoms with Gasteiger partial charge in [0.1, 0.15) is 24.9 Å². The molecule has 7 fully saturated rings. The summed E-state index contributed by atoms with van der Waals surface area (Å²) in [4.78, 5) is 60.9. The van der Waals surface area contributed by atoms with Crippen molar-refractivity contribution in [1.82, 2.24) is 44.9 Å². The zero-order valence-electron chi connectivity index (χ0n) is 49.4. The van der Waals surface area contributed by atoms with Crippen LogP contribution in [0.25, 0.3) is 33.3 Å². The number of fused-ring (bicyclic) bond motifs is 7. The number of carbonyl (C=O) groups is 3. The summed E-state index contributed by atoms with van der Waals surface area (Å²) in [7, 11) is 3.69. The fraction of sp³-hybridized carbons (Fsp3) is 0.651. The molecule has 10 atom stereocenters. The number of benzene rings is 2. The SMILES string of the molecule is CO[C@@H](C)c1ncc(N2CCN3CCOC[C@@H]3C2)cc1-c1c2c3cc(ccc3n1CC(F)(F)F)-c1cccc(c1)C[C@H](NC(=O)[C@H](C(C)C)N1CC[C@]3(CCN(C(O)[C@H]4[C@@H](C5CC5)N4C)C3)C1)C(=O)N1CCC[C@H](N1)C(=O)OCC(C)(C)C2. The lowest BCUT2D eigenvalue weighted by atomic mass is 9.84. The fourth-order valence-electron chi connectivity index (χ4n) is 15.1. The van der Waals surface area contributed by atoms with Crippen LogP contribution in [0.1, 0.15) is 96.1 Å². The van der Waals surface area contributed by atoms with Crippen LogP contribution in [0.5, 0.6) is 0 Å². The van der Waals surface area contributed by atoms with Crippen LogP contribution in [-0.4, -0.2) is 199 Å². The number of hydrogen-bond acceptors (Lipinski definition) is 14. The maximum absolute atomic E-state index is 15.3. The van der Waals surface area contributed by atoms with Crippen molar-refractivity contribution in [2.45, 2.75) is 147 Å². The maximum Gasteiger partial charge on any atom is 0.406 e. The average molecular weight is 1150 g/mol. The molecule has 8 aliphatic rings. The molecular formula is C63H85F3N10O7. The van der Waals surface area contributed by atoms with Gasteiger partial charge in [0.2, 0.25) is 5.91 Å². The monoisotopic (exact) mass is 1150 g/mol. The molecule has 2 unspecified atom stereocenters. The molecule has 0 radical (unpaired) electrons. The van der Waals surface area contributed by atoms with Gasteiger partial charge in [0.15, 0.2) is 0 Å². The Labute approximate surface area is 486 Å². The van der Waals surface area contributed by atoms with Gasteiger partial charge in [-0.3, -0.25) is 44.0 Å². The van der Waals surface area contributed by atoms with Gasteiger partial charge in [0.25, 0.3) is 5.91 Å². The van der Waals surface area contributed by atoms with Crippen molar-refractivity contribution in [2.75, 3.05) is 97.8 Å². The van der Waals surface area contributed by atoms with Crippen molar-refractivity contribution in [3.05, 3.63) is 71.5 Å². The van der Waals surface area contributed by atoms with Gasteiger partial charge >= 0.3 is 12.1 Å². The molecule has 1 spiro atoms. The topological polar surface area (TPSA) is 160 Å². The summed E-state index contributed by atoms with van der Waals surface area (Å²) in [5.74, 6) is -0.542. The number of ether oxygens (including phenoxy) is 3. The molecule has 1 aliphatic carbocycles. The Morgan fingerprint density at radius 3 is 2.49 bits per heavy atom. The van der Waals surface area contributed by atoms with E-state index in [0.717, 1.165) is 67.9 Å². The lowest BCUT2D eigenvalue weighted by Gasteiger charge is -2.44. The van der Waals surface area contributed by atoms with Crippen LogP contribution >= 0.6 is 0 Å². The Hall–Kier alpha value is -5.19. The standard InChI is InChI=1S/C63H85F3N10O7/c1-38(2)53(73-20-17-62(34-73)18-21-74(35-62)59(79)56-54(70(56)6)41-13-14-41)57(77)68-50-27-40-10-8-11-42(26-40)43-15-16-51-46(28-43)48(30-61(4,5)37-83-60(80)49-12-9-19-76(69-49)58(50)78)55(75(51)36-63(64,65)66)47-29-44(31-67-52(47)39(3)81-7)72-23-22-71-24-25-82-33-45(71)32-72/h8,10-11,15-16,26,28-29,31,38-39,41,45,49-50,53-54,56,59,69,79H,9,12-14,17-25,27,30,32-37H2,1-7H3,(H,68,77)/t39-,45-,49-,50-,53-,54+,56+,59?,62-,70?/m0/s1. The number of alkyl halides is 3. The summed E-state index contributed by atoms with van der Waals surface area (Å²) < 4.78 is 65.2. The molecule has 2 aromatic heterocycles. The third-order valence-corrected chi connectivity index (χ3v) is 19.7. The second-order valence-corrected chi connectivity index (χ2v) is 26.7. The number of likely N-dealkylation sites (N-methyl/N-ethyl adjacent to an activating group) is 1. The Morgan fingerprint density at radius 2 is 1.73 bits per heavy atom. The number of hydrazine groups is 1. The molecule has 3 N–H and O–H groups in total. The summed E-state index contributed by atoms with van der Waals surface area (Å²) in [6, 6.07) is 13.8. The predicted molar refractivity (Wildman–Crippen MR) is 310 cm³/mol. The molecule has 4 aromatic rings. The molecular weight excluding hydrogens is 1070 g/mol. The van der Waals surface area contributed by atoms with Crippen LogP contribution in [0.4, 0.5) is 18.9 Å². The molecule has 450 valence electrons. The van der Waals surface area contributed by atoms with Crippen LogP contribution in [0, 0.1) is 22.7 Å². The van der Waals surface area contributed by atoms with Gasteiger partial charge in [-0.2, -0.15) is 13.2 Å². The molecule has 6 bridgehead atoms. The number of anilines is 1. The number of morpholine rings is 1. The lowest BCUT2D eigenvalue weighted by molar-refractivity contribution is -0.155. The van der Waals surface area contributed by atoms with Crippen LogP contribution < -0.4 is 15.6 Å². The van der Waals surface area contributed by atoms with E-state index in [2.05, 4.69) is 42.3 Å². The predicted octanol–water partition coefficient (Wildman–Crippen LogP) is 6.64. The van der Waals surface area contributed by atoms with E-state index in [1.807, 2.05) is 77.1 Å². The number of likely N-dealkylation sites (tertiary alicyclic amines) is 2. The normalized spacial score (nSPS) is 29.4. The Kier molecular flexibility index (Phi) is 16.1. The molecule has 83 heavy (non-hydrogen) atoms. The summed E-state index contributed by atoms with van der Waals surface area (Å²) >= 11 is 0. The maximum atomic E-state index is 15.3. The van der Waals surface area contributed by atoms with E-state index in [0.29, 0.717) is 97.6 Å². The third kappa shape index (κ3) is 11.9. The number of hydrogen-bond donors (Lipinski definition) is 3. The molecule has 1 saturated carbocycles. The number of nitrogens with one attached hydrogen (secondary N) is 2. The number of aliphatic hydroxyl groups excluding tert-OH is 1. The highest BCUT2D eigenvalue weighted by Gasteiger charge is 2.59. The van der Waals surface area contributed by atoms with Crippen molar-refractivity contribution in [3.8, 4) is 22.4 Å². The zero-order chi connectivity index (χ0) is 58.3. The van der Waals surface area contributed by atoms with E-state index in [1.54, 1.807) is 19.4 Å². The van der Waals surface area contributed by atoms with E-state index in [1.165, 1.54) is 22.4 Å². The molecule has 17 nitrogen and oxygen atoms in total. The van der Waals surface area contributed by atoms with Crippen molar-refractivity contribution in [1.29, 1.82) is 0 Å². The number of amides is 2. The van der Waals surface area contributed by atoms with Gasteiger partial charge in [0, 0.05) is 93.8 Å². The van der Waals surface area contributed by atoms with Gasteiger partial charge in [-0.05, 0) is 123 Å². The lowest BCUT2D eigenvalue weighted by Crippen LogP contribution is -2.62. The summed E-state index contributed by atoms with van der Waals surface area (Å²) in [6.07, 6.45) is 1.72. The first-order valence-electron chi connectivity index (χ1n) is 30.5. The number of halogens is 3. The number of aromatic nitrogens is 2. The van der Waals surface area contributed by atoms with Gasteiger partial charge in [-0.1, -0.05) is 58.0 Å². The number of nitrogens with zero attached hydrogens (tertiary/aromatic N) is 8. The minimum absolute atomic E-state index is 0.0509. The van der Waals surface area contributed by atoms with Crippen LogP contribution in [0.15, 0.2) is 54.7 Å². The van der Waals surface area contributed by atoms with Gasteiger partial charge in [0.05, 0.1) is 67.3 Å². The highest BCUT2D eigenvalue weighted by atomic mass is 19.4. The van der Waals surface area contributed by atoms with E-state index in [-0.39, 0.29) is 54.7 Å². The second-order valence-electron chi connectivity index (χ2n) is 26.7. The van der Waals surface area contributed by atoms with Crippen molar-refractivity contribution < 1.29 is 46.9 Å². The average Bonchev–Trinajstić information content (AvgIpc) is 2.37. The number of aliphatic hydroxyl groups is 1. The van der Waals surface area contributed by atoms with Crippen molar-refractivity contribution >= 4 is 34.4 Å². The molecule has 20 heteroatoms. The highest BCUT2D eigenvalue weighted by molar-refractivity contribution is 5.96. The highest BCUT2D eigenvalue weighted by Crippen LogP contribution is 2.50. The van der Waals surface area contributed by atoms with Gasteiger partial charge in [-0.25, -0.2) is 5.43 Å². The van der Waals surface area contributed by atoms with Crippen LogP contribution in [-0.2, 0) is 48.0 Å². The molecule has 7 aliphatic heterocycles. The molecule has 6 saturated heterocycles. The smallest absolute Gasteiger partial charge is 0.406 e. The van der Waals surface area contributed by atoms with E-state index in [9.17, 15) is 9.90 Å². The van der Waals surface area contributed by atoms with Gasteiger partial charge < -0.3 is 34.1 Å². The number of esters is 1. The third-order valence-electron chi connectivity index (χ3n) is 19.7. The number of pyridine rings is 1. The quantitative estimate of drug-likeness (QED) is 0.102. The van der Waals surface area contributed by atoms with E-state index < -0.39 is 54.6 Å². The summed E-state index contributed by atoms with van der Waals surface area (Å²) in [6.45, 7) is 16.2. The summed E-state index contributed by atoms with van der Waals surface area (Å²) in [5.41, 5.74) is 7.91. The second kappa shape index (κ2) is 22.9. The Balaban J connectivity index is 0.892. The van der Waals surface area contributed by atoms with Crippen molar-refractivity contribution in [3.63, 3.8) is 0 Å². The van der Waals surface area contributed by atoms with E-state index in [4.69, 9.17) is 19.2 Å². The number of methoxy groups -OCH3 is 1. The molecule has 9 heterocycles. The molecule has 12 rings (SSSR count). The Morgan fingerprint density at radius 1 is 0.964 bits per heavy atom. The number of carbonyl (C=O) groups excluding carboxylic acids is 3. The zero-order valence-corrected chi connectivity index (χ0v) is 49.4. The minimum Gasteiger partial charge on any atom is -0.464 e. The van der Waals surface area contributed by atoms with Crippen molar-refractivity contribution in [2.24, 2.45) is 22.7 Å². The molecule has 2 amide bonds. The fourth-order valence-corrected chi connectivity index (χ4v) is 15.1. The van der Waals surface area contributed by atoms with E-state index >= 15 is 22.8 Å². The molecule has 2 aromatic carbocycles. The largest absolute Gasteiger partial charge is 0.464 e. The van der Waals surface area contributed by atoms with Crippen LogP contribution in [0.3, 0.4) is 0 Å². The van der Waals surface area contributed by atoms with Crippen LogP contribution in [0.2, 0.25) is 0 Å². The number of cyclic esters (lactones) is 1. The van der Waals surface area contributed by atoms with Gasteiger partial charge in [-0.15, -0.1) is 0 Å². The number of rotatable bonds is 12.